The van der Waals surface area contributed by atoms with Gasteiger partial charge in [0.1, 0.15) is 5.60 Å². The van der Waals surface area contributed by atoms with Crippen molar-refractivity contribution in [1.82, 2.24) is 0 Å². The van der Waals surface area contributed by atoms with Crippen molar-refractivity contribution in [2.75, 3.05) is 11.4 Å². The first kappa shape index (κ1) is 20.8. The second-order valence-electron chi connectivity index (χ2n) is 8.47. The second-order valence-corrected chi connectivity index (χ2v) is 8.47. The van der Waals surface area contributed by atoms with Gasteiger partial charge in [0.2, 0.25) is 5.91 Å². The van der Waals surface area contributed by atoms with E-state index in [1.165, 1.54) is 5.56 Å². The quantitative estimate of drug-likeness (QED) is 0.639. The summed E-state index contributed by atoms with van der Waals surface area (Å²) in [5.74, 6) is -0.0108. The highest BCUT2D eigenvalue weighted by Gasteiger charge is 2.29. The molecule has 2 aromatic carbocycles. The predicted octanol–water partition coefficient (Wildman–Crippen LogP) is 5.59. The fraction of sp³-hybridized carbons (Fsp3) is 0.360. The third-order valence-corrected chi connectivity index (χ3v) is 4.93. The minimum atomic E-state index is -0.576. The summed E-state index contributed by atoms with van der Waals surface area (Å²) in [5, 5.41) is 0. The van der Waals surface area contributed by atoms with Gasteiger partial charge in [0.05, 0.1) is 5.56 Å². The van der Waals surface area contributed by atoms with Crippen molar-refractivity contribution in [3.8, 4) is 0 Å². The molecule has 1 aliphatic rings. The number of rotatable bonds is 4. The van der Waals surface area contributed by atoms with Crippen LogP contribution in [0, 0.1) is 0 Å². The molecule has 0 saturated carbocycles. The summed E-state index contributed by atoms with van der Waals surface area (Å²) in [4.78, 5) is 27.2. The number of hydrogen-bond acceptors (Lipinski definition) is 3. The smallest absolute Gasteiger partial charge is 0.338 e. The summed E-state index contributed by atoms with van der Waals surface area (Å²) in [5.41, 5.74) is 2.74. The van der Waals surface area contributed by atoms with E-state index in [0.717, 1.165) is 17.7 Å². The van der Waals surface area contributed by atoms with E-state index in [-0.39, 0.29) is 17.8 Å². The largest absolute Gasteiger partial charge is 0.456 e. The van der Waals surface area contributed by atoms with Gasteiger partial charge < -0.3 is 9.64 Å². The van der Waals surface area contributed by atoms with Gasteiger partial charge in [0.25, 0.3) is 0 Å². The van der Waals surface area contributed by atoms with E-state index in [2.05, 4.69) is 12.1 Å². The van der Waals surface area contributed by atoms with Crippen molar-refractivity contribution in [2.24, 2.45) is 0 Å². The lowest BCUT2D eigenvalue weighted by Crippen LogP contribution is -2.39. The van der Waals surface area contributed by atoms with E-state index >= 15 is 0 Å². The molecule has 1 heterocycles. The molecule has 1 atom stereocenters. The number of hydrogen-bond donors (Lipinski definition) is 0. The summed E-state index contributed by atoms with van der Waals surface area (Å²) in [7, 11) is 0. The maximum absolute atomic E-state index is 12.7. The third-order valence-electron chi connectivity index (χ3n) is 4.93. The van der Waals surface area contributed by atoms with E-state index in [0.29, 0.717) is 18.5 Å². The zero-order chi connectivity index (χ0) is 21.0. The van der Waals surface area contributed by atoms with Gasteiger partial charge in [0, 0.05) is 24.6 Å². The van der Waals surface area contributed by atoms with Crippen molar-refractivity contribution in [3.05, 3.63) is 71.3 Å². The van der Waals surface area contributed by atoms with Gasteiger partial charge in [-0.1, -0.05) is 42.5 Å². The number of carbonyl (C=O) groups is 2. The lowest BCUT2D eigenvalue weighted by Gasteiger charge is -2.33. The average molecular weight is 392 g/mol. The molecular weight excluding hydrogens is 362 g/mol. The van der Waals surface area contributed by atoms with E-state index in [1.54, 1.807) is 12.1 Å². The van der Waals surface area contributed by atoms with Crippen LogP contribution in [0.25, 0.3) is 6.08 Å². The Morgan fingerprint density at radius 2 is 1.86 bits per heavy atom. The van der Waals surface area contributed by atoms with Crippen LogP contribution in [-0.2, 0) is 9.53 Å². The summed E-state index contributed by atoms with van der Waals surface area (Å²) in [6.07, 6.45) is 5.19. The molecule has 0 radical (unpaired) electrons. The molecule has 1 unspecified atom stereocenters. The summed E-state index contributed by atoms with van der Waals surface area (Å²) in [6.45, 7) is 8.08. The molecule has 2 aromatic rings. The van der Waals surface area contributed by atoms with Gasteiger partial charge in [-0.25, -0.2) is 4.79 Å². The number of ether oxygens (including phenoxy) is 1. The van der Waals surface area contributed by atoms with E-state index in [1.807, 2.05) is 69.0 Å². The van der Waals surface area contributed by atoms with Crippen LogP contribution in [-0.4, -0.2) is 24.0 Å². The van der Waals surface area contributed by atoms with Crippen LogP contribution < -0.4 is 4.90 Å². The standard InChI is InChI=1S/C25H29NO3/c1-5-9-18-14-21(24(28)29-25(2,3)4)16-22(15-18)26-17-20(12-13-23(26)27)19-10-7-6-8-11-19/h5-11,14-16,20H,12-13,17H2,1-4H3/b9-5+. The molecule has 0 bridgehead atoms. The number of esters is 1. The molecule has 0 N–H and O–H groups in total. The van der Waals surface area contributed by atoms with E-state index < -0.39 is 5.60 Å². The Labute approximate surface area is 173 Å². The third kappa shape index (κ3) is 5.35. The Morgan fingerprint density at radius 3 is 2.52 bits per heavy atom. The number of piperidine rings is 1. The summed E-state index contributed by atoms with van der Waals surface area (Å²) >= 11 is 0. The zero-order valence-electron chi connectivity index (χ0n) is 17.6. The lowest BCUT2D eigenvalue weighted by atomic mass is 9.90. The molecule has 4 heteroatoms. The van der Waals surface area contributed by atoms with E-state index in [4.69, 9.17) is 4.74 Å². The minimum Gasteiger partial charge on any atom is -0.456 e. The fourth-order valence-electron chi connectivity index (χ4n) is 3.63. The first-order chi connectivity index (χ1) is 13.8. The van der Waals surface area contributed by atoms with E-state index in [9.17, 15) is 9.59 Å². The zero-order valence-corrected chi connectivity index (χ0v) is 17.6. The highest BCUT2D eigenvalue weighted by molar-refractivity contribution is 5.97. The van der Waals surface area contributed by atoms with Crippen molar-refractivity contribution in [1.29, 1.82) is 0 Å². The molecular formula is C25H29NO3. The number of carbonyl (C=O) groups excluding carboxylic acids is 2. The first-order valence-electron chi connectivity index (χ1n) is 10.1. The second kappa shape index (κ2) is 8.64. The molecule has 152 valence electrons. The van der Waals surface area contributed by atoms with Gasteiger partial charge in [-0.2, -0.15) is 0 Å². The molecule has 0 aromatic heterocycles. The van der Waals surface area contributed by atoms with Crippen LogP contribution in [0.5, 0.6) is 0 Å². The van der Waals surface area contributed by atoms with Crippen molar-refractivity contribution in [2.45, 2.75) is 52.1 Å². The first-order valence-corrected chi connectivity index (χ1v) is 10.1. The van der Waals surface area contributed by atoms with Gasteiger partial charge in [0.15, 0.2) is 0 Å². The molecule has 1 saturated heterocycles. The Balaban J connectivity index is 1.95. The SMILES string of the molecule is C/C=C/c1cc(C(=O)OC(C)(C)C)cc(N2CC(c3ccccc3)CCC2=O)c1. The van der Waals surface area contributed by atoms with Gasteiger partial charge in [-0.15, -0.1) is 0 Å². The number of amides is 1. The highest BCUT2D eigenvalue weighted by atomic mass is 16.6. The van der Waals surface area contributed by atoms with Gasteiger partial charge in [-0.3, -0.25) is 4.79 Å². The maximum Gasteiger partial charge on any atom is 0.338 e. The van der Waals surface area contributed by atoms with Gasteiger partial charge in [-0.05, 0) is 63.4 Å². The molecule has 4 nitrogen and oxygen atoms in total. The van der Waals surface area contributed by atoms with Gasteiger partial charge >= 0.3 is 5.97 Å². The van der Waals surface area contributed by atoms with Crippen molar-refractivity contribution >= 4 is 23.6 Å². The molecule has 1 aliphatic heterocycles. The maximum atomic E-state index is 12.7. The molecule has 0 aliphatic carbocycles. The molecule has 0 spiro atoms. The Kier molecular flexibility index (Phi) is 6.21. The highest BCUT2D eigenvalue weighted by Crippen LogP contribution is 2.32. The van der Waals surface area contributed by atoms with Crippen LogP contribution in [0.15, 0.2) is 54.6 Å². The van der Waals surface area contributed by atoms with Crippen LogP contribution in [0.3, 0.4) is 0 Å². The van der Waals surface area contributed by atoms with Crippen LogP contribution >= 0.6 is 0 Å². The summed E-state index contributed by atoms with van der Waals surface area (Å²) in [6, 6.07) is 15.8. The fourth-order valence-corrected chi connectivity index (χ4v) is 3.63. The Morgan fingerprint density at radius 1 is 1.14 bits per heavy atom. The topological polar surface area (TPSA) is 46.6 Å². The Bertz CT molecular complexity index is 909. The molecule has 3 rings (SSSR count). The number of allylic oxidation sites excluding steroid dienone is 1. The summed E-state index contributed by atoms with van der Waals surface area (Å²) < 4.78 is 5.55. The number of anilines is 1. The molecule has 1 amide bonds. The molecule has 29 heavy (non-hydrogen) atoms. The van der Waals surface area contributed by atoms with Crippen LogP contribution in [0.4, 0.5) is 5.69 Å². The normalized spacial score (nSPS) is 17.6. The predicted molar refractivity (Wildman–Crippen MR) is 117 cm³/mol. The Hall–Kier alpha value is -2.88. The minimum absolute atomic E-state index is 0.0879. The lowest BCUT2D eigenvalue weighted by molar-refractivity contribution is -0.119. The van der Waals surface area contributed by atoms with Crippen LogP contribution in [0.2, 0.25) is 0 Å². The molecule has 1 fully saturated rings. The van der Waals surface area contributed by atoms with Crippen molar-refractivity contribution in [3.63, 3.8) is 0 Å². The average Bonchev–Trinajstić information content (AvgIpc) is 2.68. The number of nitrogens with zero attached hydrogens (tertiary/aromatic N) is 1. The monoisotopic (exact) mass is 391 g/mol. The van der Waals surface area contributed by atoms with Crippen molar-refractivity contribution < 1.29 is 14.3 Å². The van der Waals surface area contributed by atoms with Crippen LogP contribution in [0.1, 0.15) is 67.9 Å². The number of benzene rings is 2.